The van der Waals surface area contributed by atoms with E-state index in [2.05, 4.69) is 15.1 Å². The minimum absolute atomic E-state index is 0.308. The number of ether oxygens (including phenoxy) is 1. The van der Waals surface area contributed by atoms with Crippen LogP contribution >= 0.6 is 11.3 Å². The highest BCUT2D eigenvalue weighted by atomic mass is 32.1. The molecule has 0 saturated heterocycles. The number of aryl methyl sites for hydroxylation is 1. The van der Waals surface area contributed by atoms with Crippen LogP contribution in [0.5, 0.6) is 0 Å². The van der Waals surface area contributed by atoms with Gasteiger partial charge in [-0.15, -0.1) is 11.3 Å². The first-order valence-corrected chi connectivity index (χ1v) is 8.54. The van der Waals surface area contributed by atoms with Crippen molar-refractivity contribution >= 4 is 44.2 Å². The molecule has 0 amide bonds. The van der Waals surface area contributed by atoms with Crippen molar-refractivity contribution in [2.75, 3.05) is 12.3 Å². The van der Waals surface area contributed by atoms with Crippen LogP contribution in [-0.2, 0) is 11.8 Å². The van der Waals surface area contributed by atoms with E-state index in [9.17, 15) is 4.79 Å². The quantitative estimate of drug-likeness (QED) is 0.569. The highest BCUT2D eigenvalue weighted by molar-refractivity contribution is 7.21. The van der Waals surface area contributed by atoms with Crippen LogP contribution in [0.25, 0.3) is 32.5 Å². The molecule has 0 aliphatic carbocycles. The molecule has 0 saturated carbocycles. The second-order valence-corrected chi connectivity index (χ2v) is 6.60. The standard InChI is InChI=1S/C17H15N5O2S/c1-3-24-17(23)15-13(18)14-12(25-15)5-4-11(20-14)9-6-10-8-22(2)21-16(10)19-7-9/h4-8H,3,18H2,1-2H3. The fourth-order valence-electron chi connectivity index (χ4n) is 2.68. The van der Waals surface area contributed by atoms with E-state index in [4.69, 9.17) is 10.5 Å². The predicted molar refractivity (Wildman–Crippen MR) is 97.5 cm³/mol. The third-order valence-electron chi connectivity index (χ3n) is 3.80. The Labute approximate surface area is 147 Å². The smallest absolute Gasteiger partial charge is 0.350 e. The molecule has 0 fully saturated rings. The van der Waals surface area contributed by atoms with Gasteiger partial charge in [-0.1, -0.05) is 0 Å². The topological polar surface area (TPSA) is 95.9 Å². The van der Waals surface area contributed by atoms with Gasteiger partial charge in [0.05, 0.1) is 22.7 Å². The van der Waals surface area contributed by atoms with Gasteiger partial charge in [-0.2, -0.15) is 5.10 Å². The summed E-state index contributed by atoms with van der Waals surface area (Å²) in [6.07, 6.45) is 3.64. The number of nitrogens with two attached hydrogens (primary N) is 1. The van der Waals surface area contributed by atoms with E-state index in [0.717, 1.165) is 21.3 Å². The molecule has 0 bridgehead atoms. The second-order valence-electron chi connectivity index (χ2n) is 5.55. The van der Waals surface area contributed by atoms with E-state index in [1.54, 1.807) is 17.8 Å². The number of carbonyl (C=O) groups excluding carboxylic acids is 1. The molecule has 8 heteroatoms. The molecule has 4 heterocycles. The van der Waals surface area contributed by atoms with Crippen molar-refractivity contribution in [1.29, 1.82) is 0 Å². The molecule has 0 aliphatic rings. The number of thiophene rings is 1. The van der Waals surface area contributed by atoms with Gasteiger partial charge in [0.2, 0.25) is 0 Å². The highest BCUT2D eigenvalue weighted by Crippen LogP contribution is 2.34. The first-order chi connectivity index (χ1) is 12.1. The lowest BCUT2D eigenvalue weighted by atomic mass is 10.1. The zero-order valence-electron chi connectivity index (χ0n) is 13.7. The molecule has 4 aromatic rings. The third kappa shape index (κ3) is 2.60. The normalized spacial score (nSPS) is 11.3. The SMILES string of the molecule is CCOC(=O)c1sc2ccc(-c3cnc4nn(C)cc4c3)nc2c1N. The molecule has 7 nitrogen and oxygen atoms in total. The van der Waals surface area contributed by atoms with Crippen molar-refractivity contribution < 1.29 is 9.53 Å². The van der Waals surface area contributed by atoms with Gasteiger partial charge in [0.1, 0.15) is 10.4 Å². The number of fused-ring (bicyclic) bond motifs is 2. The molecule has 4 rings (SSSR count). The van der Waals surface area contributed by atoms with Crippen LogP contribution in [-0.4, -0.2) is 32.3 Å². The monoisotopic (exact) mass is 353 g/mol. The number of esters is 1. The van der Waals surface area contributed by atoms with Crippen molar-refractivity contribution in [3.05, 3.63) is 35.5 Å². The summed E-state index contributed by atoms with van der Waals surface area (Å²) in [5, 5.41) is 5.21. The molecule has 0 radical (unpaired) electrons. The highest BCUT2D eigenvalue weighted by Gasteiger charge is 2.19. The molecule has 0 unspecified atom stereocenters. The average Bonchev–Trinajstić information content (AvgIpc) is 3.13. The van der Waals surface area contributed by atoms with Crippen LogP contribution in [0.3, 0.4) is 0 Å². The molecule has 126 valence electrons. The number of carbonyl (C=O) groups is 1. The fourth-order valence-corrected chi connectivity index (χ4v) is 3.63. The first-order valence-electron chi connectivity index (χ1n) is 7.72. The number of rotatable bonds is 3. The number of hydrogen-bond acceptors (Lipinski definition) is 7. The summed E-state index contributed by atoms with van der Waals surface area (Å²) < 4.78 is 7.62. The van der Waals surface area contributed by atoms with Gasteiger partial charge in [-0.3, -0.25) is 4.68 Å². The fraction of sp³-hybridized carbons (Fsp3) is 0.176. The zero-order valence-corrected chi connectivity index (χ0v) is 14.5. The molecule has 2 N–H and O–H groups in total. The summed E-state index contributed by atoms with van der Waals surface area (Å²) in [6, 6.07) is 5.79. The first kappa shape index (κ1) is 15.5. The lowest BCUT2D eigenvalue weighted by Gasteiger charge is -2.01. The van der Waals surface area contributed by atoms with Crippen molar-refractivity contribution in [3.8, 4) is 11.3 Å². The van der Waals surface area contributed by atoms with Crippen LogP contribution in [0.1, 0.15) is 16.6 Å². The summed E-state index contributed by atoms with van der Waals surface area (Å²) in [4.78, 5) is 21.4. The van der Waals surface area contributed by atoms with Gasteiger partial charge in [0.25, 0.3) is 0 Å². The summed E-state index contributed by atoms with van der Waals surface area (Å²) in [5.74, 6) is -0.414. The average molecular weight is 353 g/mol. The van der Waals surface area contributed by atoms with E-state index in [1.807, 2.05) is 31.4 Å². The van der Waals surface area contributed by atoms with Gasteiger partial charge in [0.15, 0.2) is 5.65 Å². The summed E-state index contributed by atoms with van der Waals surface area (Å²) in [7, 11) is 1.86. The maximum atomic E-state index is 12.0. The minimum Gasteiger partial charge on any atom is -0.462 e. The van der Waals surface area contributed by atoms with Crippen molar-refractivity contribution in [3.63, 3.8) is 0 Å². The van der Waals surface area contributed by atoms with E-state index in [0.29, 0.717) is 28.3 Å². The van der Waals surface area contributed by atoms with Crippen molar-refractivity contribution in [1.82, 2.24) is 19.7 Å². The number of pyridine rings is 2. The molecule has 0 aromatic carbocycles. The van der Waals surface area contributed by atoms with Crippen LogP contribution < -0.4 is 5.73 Å². The maximum absolute atomic E-state index is 12.0. The second kappa shape index (κ2) is 5.82. The number of aromatic nitrogens is 4. The Morgan fingerprint density at radius 2 is 2.24 bits per heavy atom. The van der Waals surface area contributed by atoms with Gasteiger partial charge in [0, 0.05) is 30.4 Å². The molecule has 0 atom stereocenters. The Morgan fingerprint density at radius 3 is 3.04 bits per heavy atom. The number of anilines is 1. The van der Waals surface area contributed by atoms with Gasteiger partial charge < -0.3 is 10.5 Å². The Morgan fingerprint density at radius 1 is 1.40 bits per heavy atom. The van der Waals surface area contributed by atoms with Crippen LogP contribution in [0.15, 0.2) is 30.6 Å². The van der Waals surface area contributed by atoms with Crippen molar-refractivity contribution in [2.45, 2.75) is 6.92 Å². The maximum Gasteiger partial charge on any atom is 0.350 e. The molecule has 0 aliphatic heterocycles. The third-order valence-corrected chi connectivity index (χ3v) is 4.94. The lowest BCUT2D eigenvalue weighted by molar-refractivity contribution is 0.0533. The van der Waals surface area contributed by atoms with Crippen LogP contribution in [0.2, 0.25) is 0 Å². The zero-order chi connectivity index (χ0) is 17.6. The van der Waals surface area contributed by atoms with Crippen molar-refractivity contribution in [2.24, 2.45) is 7.05 Å². The molecule has 0 spiro atoms. The van der Waals surface area contributed by atoms with Gasteiger partial charge >= 0.3 is 5.97 Å². The van der Waals surface area contributed by atoms with E-state index < -0.39 is 5.97 Å². The summed E-state index contributed by atoms with van der Waals surface area (Å²) in [6.45, 7) is 2.07. The lowest BCUT2D eigenvalue weighted by Crippen LogP contribution is -2.04. The van der Waals surface area contributed by atoms with Crippen LogP contribution in [0, 0.1) is 0 Å². The van der Waals surface area contributed by atoms with Gasteiger partial charge in [-0.25, -0.2) is 14.8 Å². The van der Waals surface area contributed by atoms with E-state index in [1.165, 1.54) is 11.3 Å². The molecular weight excluding hydrogens is 338 g/mol. The minimum atomic E-state index is -0.414. The van der Waals surface area contributed by atoms with Gasteiger partial charge in [-0.05, 0) is 25.1 Å². The molecular formula is C17H15N5O2S. The Hall–Kier alpha value is -3.00. The Bertz CT molecular complexity index is 1120. The number of nitrogen functional groups attached to an aromatic ring is 1. The Kier molecular flexibility index (Phi) is 3.61. The molecule has 25 heavy (non-hydrogen) atoms. The number of hydrogen-bond donors (Lipinski definition) is 1. The van der Waals surface area contributed by atoms with E-state index in [-0.39, 0.29) is 0 Å². The summed E-state index contributed by atoms with van der Waals surface area (Å²) in [5.41, 5.74) is 9.39. The molecule has 4 aromatic heterocycles. The number of nitrogens with zero attached hydrogens (tertiary/aromatic N) is 4. The van der Waals surface area contributed by atoms with E-state index >= 15 is 0 Å². The predicted octanol–water partition coefficient (Wildman–Crippen LogP) is 3.00. The Balaban J connectivity index is 1.81. The summed E-state index contributed by atoms with van der Waals surface area (Å²) >= 11 is 1.29. The van der Waals surface area contributed by atoms with Crippen LogP contribution in [0.4, 0.5) is 5.69 Å². The largest absolute Gasteiger partial charge is 0.462 e.